The third kappa shape index (κ3) is 3.58. The summed E-state index contributed by atoms with van der Waals surface area (Å²) < 4.78 is 0. The van der Waals surface area contributed by atoms with E-state index in [0.29, 0.717) is 6.04 Å². The van der Waals surface area contributed by atoms with Crippen LogP contribution in [0.2, 0.25) is 0 Å². The van der Waals surface area contributed by atoms with Crippen LogP contribution in [0, 0.1) is 0 Å². The van der Waals surface area contributed by atoms with Crippen LogP contribution in [-0.2, 0) is 6.54 Å². The fraction of sp³-hybridized carbons (Fsp3) is 0.375. The van der Waals surface area contributed by atoms with Crippen molar-refractivity contribution in [1.82, 2.24) is 0 Å². The van der Waals surface area contributed by atoms with Crippen LogP contribution in [0.4, 0.5) is 5.69 Å². The Balaban J connectivity index is 2.19. The van der Waals surface area contributed by atoms with E-state index in [2.05, 4.69) is 60.5 Å². The molecule has 0 fully saturated rings. The molecule has 0 bridgehead atoms. The van der Waals surface area contributed by atoms with Gasteiger partial charge in [-0.05, 0) is 49.9 Å². The summed E-state index contributed by atoms with van der Waals surface area (Å²) in [6.45, 7) is 7.44. The lowest BCUT2D eigenvalue weighted by Crippen LogP contribution is -2.29. The van der Waals surface area contributed by atoms with Crippen LogP contribution in [0.25, 0.3) is 0 Å². The van der Waals surface area contributed by atoms with Crippen LogP contribution in [0.3, 0.4) is 0 Å². The van der Waals surface area contributed by atoms with Crippen molar-refractivity contribution < 1.29 is 0 Å². The predicted molar refractivity (Wildman–Crippen MR) is 84.7 cm³/mol. The van der Waals surface area contributed by atoms with Gasteiger partial charge in [-0.25, -0.2) is 0 Å². The Morgan fingerprint density at radius 2 is 1.79 bits per heavy atom. The highest BCUT2D eigenvalue weighted by Gasteiger charge is 2.12. The van der Waals surface area contributed by atoms with Gasteiger partial charge in [-0.3, -0.25) is 0 Å². The van der Waals surface area contributed by atoms with Gasteiger partial charge in [0.2, 0.25) is 0 Å². The van der Waals surface area contributed by atoms with Gasteiger partial charge in [0.05, 0.1) is 6.54 Å². The molecular weight excluding hydrogens is 252 g/mol. The van der Waals surface area contributed by atoms with Gasteiger partial charge in [0.1, 0.15) is 0 Å². The van der Waals surface area contributed by atoms with Gasteiger partial charge in [-0.1, -0.05) is 18.2 Å². The molecule has 0 aliphatic heterocycles. The van der Waals surface area contributed by atoms with E-state index in [1.165, 1.54) is 16.1 Å². The molecule has 0 spiro atoms. The topological polar surface area (TPSA) is 29.3 Å². The number of nitrogens with two attached hydrogens (primary N) is 1. The summed E-state index contributed by atoms with van der Waals surface area (Å²) in [7, 11) is 0. The lowest BCUT2D eigenvalue weighted by Gasteiger charge is -2.29. The SMILES string of the molecule is CC(N)c1ccc(N(Cc2cccs2)C(C)C)cc1. The molecule has 3 heteroatoms. The highest BCUT2D eigenvalue weighted by molar-refractivity contribution is 7.09. The van der Waals surface area contributed by atoms with Crippen LogP contribution in [0.1, 0.15) is 37.3 Å². The van der Waals surface area contributed by atoms with Gasteiger partial charge >= 0.3 is 0 Å². The van der Waals surface area contributed by atoms with Crippen molar-refractivity contribution in [1.29, 1.82) is 0 Å². The van der Waals surface area contributed by atoms with Crippen molar-refractivity contribution in [3.63, 3.8) is 0 Å². The van der Waals surface area contributed by atoms with Gasteiger partial charge in [-0.15, -0.1) is 11.3 Å². The second kappa shape index (κ2) is 6.22. The van der Waals surface area contributed by atoms with Crippen molar-refractivity contribution in [2.75, 3.05) is 4.90 Å². The Morgan fingerprint density at radius 3 is 2.26 bits per heavy atom. The molecule has 1 heterocycles. The summed E-state index contributed by atoms with van der Waals surface area (Å²) in [5.74, 6) is 0. The molecule has 2 nitrogen and oxygen atoms in total. The Morgan fingerprint density at radius 1 is 1.11 bits per heavy atom. The summed E-state index contributed by atoms with van der Waals surface area (Å²) in [5, 5.41) is 2.13. The van der Waals surface area contributed by atoms with Crippen molar-refractivity contribution in [2.24, 2.45) is 5.73 Å². The molecule has 0 radical (unpaired) electrons. The highest BCUT2D eigenvalue weighted by Crippen LogP contribution is 2.23. The van der Waals surface area contributed by atoms with E-state index >= 15 is 0 Å². The lowest BCUT2D eigenvalue weighted by molar-refractivity contribution is 0.686. The molecule has 0 saturated carbocycles. The molecule has 19 heavy (non-hydrogen) atoms. The largest absolute Gasteiger partial charge is 0.364 e. The number of hydrogen-bond donors (Lipinski definition) is 1. The third-order valence-electron chi connectivity index (χ3n) is 3.28. The Hall–Kier alpha value is -1.32. The molecule has 1 atom stereocenters. The van der Waals surface area contributed by atoms with Crippen molar-refractivity contribution in [3.05, 3.63) is 52.2 Å². The maximum atomic E-state index is 5.90. The number of anilines is 1. The standard InChI is InChI=1S/C16H22N2S/c1-12(2)18(11-16-5-4-10-19-16)15-8-6-14(7-9-15)13(3)17/h4-10,12-13H,11,17H2,1-3H3. The van der Waals surface area contributed by atoms with Crippen LogP contribution in [-0.4, -0.2) is 6.04 Å². The average molecular weight is 274 g/mol. The monoisotopic (exact) mass is 274 g/mol. The fourth-order valence-corrected chi connectivity index (χ4v) is 2.81. The van der Waals surface area contributed by atoms with Crippen molar-refractivity contribution in [3.8, 4) is 0 Å². The van der Waals surface area contributed by atoms with Gasteiger partial charge in [0.15, 0.2) is 0 Å². The van der Waals surface area contributed by atoms with Gasteiger partial charge in [0, 0.05) is 22.6 Å². The first-order valence-corrected chi connectivity index (χ1v) is 7.60. The zero-order chi connectivity index (χ0) is 13.8. The summed E-state index contributed by atoms with van der Waals surface area (Å²) >= 11 is 1.81. The van der Waals surface area contributed by atoms with E-state index in [1.54, 1.807) is 0 Å². The van der Waals surface area contributed by atoms with E-state index in [1.807, 2.05) is 18.3 Å². The number of rotatable bonds is 5. The Labute approximate surface area is 119 Å². The van der Waals surface area contributed by atoms with Crippen molar-refractivity contribution >= 4 is 17.0 Å². The minimum Gasteiger partial charge on any atom is -0.364 e. The van der Waals surface area contributed by atoms with E-state index < -0.39 is 0 Å². The second-order valence-corrected chi connectivity index (χ2v) is 6.21. The zero-order valence-corrected chi connectivity index (χ0v) is 12.7. The molecule has 1 aromatic heterocycles. The van der Waals surface area contributed by atoms with Crippen LogP contribution < -0.4 is 10.6 Å². The number of thiophene rings is 1. The van der Waals surface area contributed by atoms with Crippen LogP contribution in [0.15, 0.2) is 41.8 Å². The Bertz CT molecular complexity index is 486. The molecule has 0 saturated heterocycles. The summed E-state index contributed by atoms with van der Waals surface area (Å²) in [4.78, 5) is 3.81. The third-order valence-corrected chi connectivity index (χ3v) is 4.14. The van der Waals surface area contributed by atoms with Crippen LogP contribution in [0.5, 0.6) is 0 Å². The van der Waals surface area contributed by atoms with E-state index in [4.69, 9.17) is 5.73 Å². The first-order valence-electron chi connectivity index (χ1n) is 6.72. The summed E-state index contributed by atoms with van der Waals surface area (Å²) in [5.41, 5.74) is 8.34. The molecule has 2 aromatic rings. The fourth-order valence-electron chi connectivity index (χ4n) is 2.11. The first-order chi connectivity index (χ1) is 9.08. The first kappa shape index (κ1) is 14.1. The van der Waals surface area contributed by atoms with Crippen LogP contribution >= 0.6 is 11.3 Å². The smallest absolute Gasteiger partial charge is 0.0525 e. The Kier molecular flexibility index (Phi) is 4.61. The van der Waals surface area contributed by atoms with E-state index in [9.17, 15) is 0 Å². The normalized spacial score (nSPS) is 12.7. The maximum Gasteiger partial charge on any atom is 0.0525 e. The maximum absolute atomic E-state index is 5.90. The van der Waals surface area contributed by atoms with E-state index in [-0.39, 0.29) is 6.04 Å². The summed E-state index contributed by atoms with van der Waals surface area (Å²) in [6, 6.07) is 13.5. The number of benzene rings is 1. The molecule has 0 aliphatic carbocycles. The molecular formula is C16H22N2S. The second-order valence-electron chi connectivity index (χ2n) is 5.18. The van der Waals surface area contributed by atoms with Gasteiger partial charge in [-0.2, -0.15) is 0 Å². The number of hydrogen-bond acceptors (Lipinski definition) is 3. The minimum atomic E-state index is 0.0962. The molecule has 0 amide bonds. The van der Waals surface area contributed by atoms with Gasteiger partial charge < -0.3 is 10.6 Å². The highest BCUT2D eigenvalue weighted by atomic mass is 32.1. The molecule has 0 aliphatic rings. The predicted octanol–water partition coefficient (Wildman–Crippen LogP) is 4.18. The molecule has 2 rings (SSSR count). The minimum absolute atomic E-state index is 0.0962. The lowest BCUT2D eigenvalue weighted by atomic mass is 10.1. The number of nitrogens with zero attached hydrogens (tertiary/aromatic N) is 1. The molecule has 1 aromatic carbocycles. The van der Waals surface area contributed by atoms with Crippen molar-refractivity contribution in [2.45, 2.75) is 39.4 Å². The zero-order valence-electron chi connectivity index (χ0n) is 11.8. The molecule has 2 N–H and O–H groups in total. The van der Waals surface area contributed by atoms with E-state index in [0.717, 1.165) is 6.54 Å². The summed E-state index contributed by atoms with van der Waals surface area (Å²) in [6.07, 6.45) is 0. The quantitative estimate of drug-likeness (QED) is 0.886. The average Bonchev–Trinajstić information content (AvgIpc) is 2.88. The molecule has 1 unspecified atom stereocenters. The van der Waals surface area contributed by atoms with Gasteiger partial charge in [0.25, 0.3) is 0 Å². The molecule has 102 valence electrons.